The van der Waals surface area contributed by atoms with Crippen LogP contribution in [0.3, 0.4) is 0 Å². The van der Waals surface area contributed by atoms with Gasteiger partial charge in [-0.25, -0.2) is 4.79 Å². The molecule has 0 saturated carbocycles. The first-order valence-electron chi connectivity index (χ1n) is 4.15. The molecule has 0 rings (SSSR count). The zero-order valence-corrected chi connectivity index (χ0v) is 9.46. The average Bonchev–Trinajstić information content (AvgIpc) is 2.14. The van der Waals surface area contributed by atoms with E-state index in [4.69, 9.17) is 4.74 Å². The predicted octanol–water partition coefficient (Wildman–Crippen LogP) is 1.43. The van der Waals surface area contributed by atoms with E-state index in [1.807, 2.05) is 0 Å². The van der Waals surface area contributed by atoms with E-state index in [1.165, 1.54) is 4.90 Å². The Morgan fingerprint density at radius 1 is 1.38 bits per heavy atom. The standard InChI is InChI=1S/C8H14BrNO3/c1-3-10(6-7(11)5-9)8(12)13-4-2/h3-6H2,1-2H3. The minimum Gasteiger partial charge on any atom is -0.450 e. The third-order valence-corrected chi connectivity index (χ3v) is 2.05. The molecule has 76 valence electrons. The molecule has 0 aliphatic heterocycles. The lowest BCUT2D eigenvalue weighted by molar-refractivity contribution is -0.117. The molecule has 4 nitrogen and oxygen atoms in total. The maximum absolute atomic E-state index is 11.2. The van der Waals surface area contributed by atoms with Crippen LogP contribution in [0.2, 0.25) is 0 Å². The summed E-state index contributed by atoms with van der Waals surface area (Å²) in [7, 11) is 0. The van der Waals surface area contributed by atoms with E-state index in [-0.39, 0.29) is 17.7 Å². The van der Waals surface area contributed by atoms with Gasteiger partial charge >= 0.3 is 6.09 Å². The van der Waals surface area contributed by atoms with Gasteiger partial charge in [-0.05, 0) is 13.8 Å². The second kappa shape index (κ2) is 6.88. The van der Waals surface area contributed by atoms with Gasteiger partial charge in [0, 0.05) is 6.54 Å². The number of ether oxygens (including phenoxy) is 1. The summed E-state index contributed by atoms with van der Waals surface area (Å²) in [6.45, 7) is 4.46. The molecular weight excluding hydrogens is 238 g/mol. The summed E-state index contributed by atoms with van der Waals surface area (Å²) in [5.74, 6) is -0.0325. The second-order valence-corrected chi connectivity index (χ2v) is 2.95. The van der Waals surface area contributed by atoms with Gasteiger partial charge in [-0.1, -0.05) is 15.9 Å². The number of hydrogen-bond donors (Lipinski definition) is 0. The van der Waals surface area contributed by atoms with Crippen LogP contribution in [0.4, 0.5) is 4.79 Å². The van der Waals surface area contributed by atoms with Crippen molar-refractivity contribution in [3.05, 3.63) is 0 Å². The number of carbonyl (C=O) groups excluding carboxylic acids is 2. The van der Waals surface area contributed by atoms with Crippen molar-refractivity contribution < 1.29 is 14.3 Å². The van der Waals surface area contributed by atoms with E-state index in [1.54, 1.807) is 13.8 Å². The van der Waals surface area contributed by atoms with Crippen LogP contribution >= 0.6 is 15.9 Å². The summed E-state index contributed by atoms with van der Waals surface area (Å²) < 4.78 is 4.76. The van der Waals surface area contributed by atoms with Gasteiger partial charge < -0.3 is 9.64 Å². The summed E-state index contributed by atoms with van der Waals surface area (Å²) in [4.78, 5) is 23.5. The van der Waals surface area contributed by atoms with Gasteiger partial charge in [0.1, 0.15) is 0 Å². The van der Waals surface area contributed by atoms with Gasteiger partial charge in [0.2, 0.25) is 0 Å². The Kier molecular flexibility index (Phi) is 6.58. The second-order valence-electron chi connectivity index (χ2n) is 2.39. The molecule has 0 heterocycles. The zero-order chi connectivity index (χ0) is 10.3. The molecule has 0 unspecified atom stereocenters. The molecule has 1 amide bonds. The van der Waals surface area contributed by atoms with Crippen molar-refractivity contribution in [1.82, 2.24) is 4.90 Å². The molecule has 0 aromatic carbocycles. The Morgan fingerprint density at radius 2 is 2.00 bits per heavy atom. The number of likely N-dealkylation sites (N-methyl/N-ethyl adjacent to an activating group) is 1. The van der Waals surface area contributed by atoms with Crippen molar-refractivity contribution in [2.24, 2.45) is 0 Å². The average molecular weight is 252 g/mol. The molecular formula is C8H14BrNO3. The topological polar surface area (TPSA) is 46.6 Å². The number of alkyl halides is 1. The molecule has 0 N–H and O–H groups in total. The van der Waals surface area contributed by atoms with E-state index in [0.717, 1.165) is 0 Å². The monoisotopic (exact) mass is 251 g/mol. The van der Waals surface area contributed by atoms with Gasteiger partial charge in [-0.3, -0.25) is 4.79 Å². The molecule has 0 aromatic rings. The molecule has 0 bridgehead atoms. The lowest BCUT2D eigenvalue weighted by atomic mass is 10.4. The first-order valence-corrected chi connectivity index (χ1v) is 5.27. The van der Waals surface area contributed by atoms with Crippen molar-refractivity contribution in [2.45, 2.75) is 13.8 Å². The van der Waals surface area contributed by atoms with Gasteiger partial charge in [0.25, 0.3) is 0 Å². The largest absolute Gasteiger partial charge is 0.450 e. The van der Waals surface area contributed by atoms with Crippen molar-refractivity contribution in [1.29, 1.82) is 0 Å². The maximum atomic E-state index is 11.2. The molecule has 0 aromatic heterocycles. The van der Waals surface area contributed by atoms with E-state index < -0.39 is 6.09 Å². The molecule has 0 fully saturated rings. The number of ketones is 1. The fraction of sp³-hybridized carbons (Fsp3) is 0.750. The molecule has 0 saturated heterocycles. The number of halogens is 1. The number of rotatable bonds is 5. The van der Waals surface area contributed by atoms with Crippen LogP contribution in [-0.4, -0.2) is 41.8 Å². The summed E-state index contributed by atoms with van der Waals surface area (Å²) in [5.41, 5.74) is 0. The van der Waals surface area contributed by atoms with E-state index >= 15 is 0 Å². The van der Waals surface area contributed by atoms with Crippen molar-refractivity contribution >= 4 is 27.8 Å². The highest BCUT2D eigenvalue weighted by molar-refractivity contribution is 9.09. The molecule has 13 heavy (non-hydrogen) atoms. The first-order chi connectivity index (χ1) is 6.15. The SMILES string of the molecule is CCOC(=O)N(CC)CC(=O)CBr. The number of hydrogen-bond acceptors (Lipinski definition) is 3. The van der Waals surface area contributed by atoms with Gasteiger partial charge in [-0.2, -0.15) is 0 Å². The van der Waals surface area contributed by atoms with Crippen LogP contribution in [0.1, 0.15) is 13.8 Å². The highest BCUT2D eigenvalue weighted by atomic mass is 79.9. The van der Waals surface area contributed by atoms with Crippen molar-refractivity contribution in [2.75, 3.05) is 25.0 Å². The number of carbonyl (C=O) groups is 2. The van der Waals surface area contributed by atoms with E-state index in [9.17, 15) is 9.59 Å². The molecule has 0 aliphatic rings. The Balaban J connectivity index is 4.01. The smallest absolute Gasteiger partial charge is 0.410 e. The summed E-state index contributed by atoms with van der Waals surface area (Å²) in [6.07, 6.45) is -0.431. The van der Waals surface area contributed by atoms with Crippen molar-refractivity contribution in [3.63, 3.8) is 0 Å². The van der Waals surface area contributed by atoms with Crippen LogP contribution in [-0.2, 0) is 9.53 Å². The minimum atomic E-state index is -0.431. The van der Waals surface area contributed by atoms with Crippen LogP contribution in [0, 0.1) is 0 Å². The van der Waals surface area contributed by atoms with Crippen LogP contribution < -0.4 is 0 Å². The highest BCUT2D eigenvalue weighted by Crippen LogP contribution is 1.95. The fourth-order valence-corrected chi connectivity index (χ4v) is 0.953. The Morgan fingerprint density at radius 3 is 2.38 bits per heavy atom. The fourth-order valence-electron chi connectivity index (χ4n) is 0.775. The van der Waals surface area contributed by atoms with Crippen LogP contribution in [0.15, 0.2) is 0 Å². The Bertz CT molecular complexity index is 184. The lowest BCUT2D eigenvalue weighted by Crippen LogP contribution is -2.36. The molecule has 5 heteroatoms. The first kappa shape index (κ1) is 12.4. The maximum Gasteiger partial charge on any atom is 0.410 e. The number of amides is 1. The Labute approximate surface area is 86.4 Å². The number of nitrogens with zero attached hydrogens (tertiary/aromatic N) is 1. The summed E-state index contributed by atoms with van der Waals surface area (Å²) >= 11 is 3.03. The van der Waals surface area contributed by atoms with Crippen LogP contribution in [0.5, 0.6) is 0 Å². The highest BCUT2D eigenvalue weighted by Gasteiger charge is 2.14. The third-order valence-electron chi connectivity index (χ3n) is 1.42. The molecule has 0 atom stereocenters. The zero-order valence-electron chi connectivity index (χ0n) is 7.88. The van der Waals surface area contributed by atoms with E-state index in [2.05, 4.69) is 15.9 Å². The minimum absolute atomic E-state index is 0.0325. The van der Waals surface area contributed by atoms with Gasteiger partial charge in [0.15, 0.2) is 5.78 Å². The van der Waals surface area contributed by atoms with Crippen LogP contribution in [0.25, 0.3) is 0 Å². The van der Waals surface area contributed by atoms with E-state index in [0.29, 0.717) is 13.2 Å². The lowest BCUT2D eigenvalue weighted by Gasteiger charge is -2.18. The quantitative estimate of drug-likeness (QED) is 0.695. The van der Waals surface area contributed by atoms with Crippen molar-refractivity contribution in [3.8, 4) is 0 Å². The normalized spacial score (nSPS) is 9.46. The third kappa shape index (κ3) is 4.87. The summed E-state index contributed by atoms with van der Waals surface area (Å²) in [6, 6.07) is 0. The van der Waals surface area contributed by atoms with Gasteiger partial charge in [-0.15, -0.1) is 0 Å². The summed E-state index contributed by atoms with van der Waals surface area (Å²) in [5, 5.41) is 0.267. The number of Topliss-reactive ketones (excluding diaryl/α,β-unsaturated/α-hetero) is 1. The molecule has 0 aliphatic carbocycles. The predicted molar refractivity (Wildman–Crippen MR) is 53.1 cm³/mol. The van der Waals surface area contributed by atoms with Gasteiger partial charge in [0.05, 0.1) is 18.5 Å². The molecule has 0 spiro atoms. The molecule has 0 radical (unpaired) electrons. The Hall–Kier alpha value is -0.580.